The van der Waals surface area contributed by atoms with Gasteiger partial charge in [0.1, 0.15) is 12.6 Å². The summed E-state index contributed by atoms with van der Waals surface area (Å²) in [6, 6.07) is 19.6. The molecule has 2 amide bonds. The molecule has 0 aromatic heterocycles. The Hall–Kier alpha value is -2.78. The number of sulfonamides is 1. The lowest BCUT2D eigenvalue weighted by Crippen LogP contribution is -2.53. The van der Waals surface area contributed by atoms with Crippen LogP contribution >= 0.6 is 34.8 Å². The third kappa shape index (κ3) is 7.86. The summed E-state index contributed by atoms with van der Waals surface area (Å²) in [7, 11) is -3.91. The zero-order valence-electron chi connectivity index (χ0n) is 20.9. The molecule has 202 valence electrons. The summed E-state index contributed by atoms with van der Waals surface area (Å²) in [5.41, 5.74) is 1.62. The van der Waals surface area contributed by atoms with Crippen LogP contribution in [0.5, 0.6) is 0 Å². The number of para-hydroxylation sites is 1. The van der Waals surface area contributed by atoms with Crippen LogP contribution in [0, 0.1) is 0 Å². The molecule has 1 atom stereocenters. The number of amides is 2. The molecule has 0 fully saturated rings. The summed E-state index contributed by atoms with van der Waals surface area (Å²) in [5, 5.41) is 3.61. The van der Waals surface area contributed by atoms with Gasteiger partial charge in [0.15, 0.2) is 0 Å². The Balaban J connectivity index is 2.07. The van der Waals surface area contributed by atoms with E-state index in [4.69, 9.17) is 34.8 Å². The van der Waals surface area contributed by atoms with E-state index in [1.807, 2.05) is 30.3 Å². The maximum Gasteiger partial charge on any atom is 0.244 e. The van der Waals surface area contributed by atoms with Gasteiger partial charge in [0.2, 0.25) is 21.8 Å². The molecule has 1 N–H and O–H groups in total. The number of hydrogen-bond acceptors (Lipinski definition) is 4. The number of benzene rings is 3. The van der Waals surface area contributed by atoms with Gasteiger partial charge in [-0.2, -0.15) is 0 Å². The molecular weight excluding hydrogens is 569 g/mol. The molecule has 1 unspecified atom stereocenters. The second-order valence-electron chi connectivity index (χ2n) is 8.59. The third-order valence-electron chi connectivity index (χ3n) is 5.76. The van der Waals surface area contributed by atoms with Crippen LogP contribution in [0.2, 0.25) is 15.1 Å². The van der Waals surface area contributed by atoms with Crippen molar-refractivity contribution >= 4 is 62.3 Å². The highest BCUT2D eigenvalue weighted by Crippen LogP contribution is 2.28. The van der Waals surface area contributed by atoms with E-state index in [1.165, 1.54) is 11.0 Å². The number of anilines is 1. The molecule has 11 heteroatoms. The van der Waals surface area contributed by atoms with E-state index in [0.29, 0.717) is 22.2 Å². The first-order valence-corrected chi connectivity index (χ1v) is 14.8. The summed E-state index contributed by atoms with van der Waals surface area (Å²) in [4.78, 5) is 28.6. The summed E-state index contributed by atoms with van der Waals surface area (Å²) >= 11 is 18.6. The van der Waals surface area contributed by atoms with Crippen molar-refractivity contribution < 1.29 is 18.0 Å². The van der Waals surface area contributed by atoms with Gasteiger partial charge < -0.3 is 10.2 Å². The molecule has 0 spiro atoms. The van der Waals surface area contributed by atoms with Gasteiger partial charge >= 0.3 is 0 Å². The van der Waals surface area contributed by atoms with Crippen LogP contribution in [0.4, 0.5) is 5.69 Å². The minimum Gasteiger partial charge on any atom is -0.355 e. The van der Waals surface area contributed by atoms with Gasteiger partial charge in [0.05, 0.1) is 27.0 Å². The predicted molar refractivity (Wildman–Crippen MR) is 153 cm³/mol. The van der Waals surface area contributed by atoms with Crippen molar-refractivity contribution in [2.24, 2.45) is 0 Å². The van der Waals surface area contributed by atoms with E-state index >= 15 is 0 Å². The van der Waals surface area contributed by atoms with Gasteiger partial charge in [0.25, 0.3) is 0 Å². The lowest BCUT2D eigenvalue weighted by Gasteiger charge is -2.33. The maximum atomic E-state index is 13.9. The SMILES string of the molecule is CCNC(=O)C(Cc1ccccc1)N(Cc1ccc(Cl)c(Cl)c1)C(=O)CN(c1ccccc1Cl)S(C)(=O)=O. The molecule has 3 aromatic rings. The number of hydrogen-bond donors (Lipinski definition) is 1. The fourth-order valence-electron chi connectivity index (χ4n) is 3.93. The van der Waals surface area contributed by atoms with Crippen molar-refractivity contribution in [3.05, 3.63) is 99.0 Å². The molecule has 0 radical (unpaired) electrons. The first-order chi connectivity index (χ1) is 18.0. The van der Waals surface area contributed by atoms with Gasteiger partial charge in [-0.25, -0.2) is 8.42 Å². The minimum absolute atomic E-state index is 0.00944. The average molecular weight is 597 g/mol. The highest BCUT2D eigenvalue weighted by molar-refractivity contribution is 7.92. The second kappa shape index (κ2) is 13.3. The van der Waals surface area contributed by atoms with E-state index in [0.717, 1.165) is 16.1 Å². The molecule has 7 nitrogen and oxygen atoms in total. The standard InChI is InChI=1S/C27H28Cl3N3O4S/c1-3-31-27(35)25(16-19-9-5-4-6-10-19)32(17-20-13-14-21(28)23(30)15-20)26(34)18-33(38(2,36)37)24-12-8-7-11-22(24)29/h4-15,25H,3,16-18H2,1-2H3,(H,31,35). The van der Waals surface area contributed by atoms with Crippen LogP contribution < -0.4 is 9.62 Å². The number of nitrogens with zero attached hydrogens (tertiary/aromatic N) is 2. The van der Waals surface area contributed by atoms with Crippen LogP contribution in [0.25, 0.3) is 0 Å². The summed E-state index contributed by atoms with van der Waals surface area (Å²) in [6.07, 6.45) is 1.21. The first kappa shape index (κ1) is 29.8. The van der Waals surface area contributed by atoms with E-state index in [2.05, 4.69) is 5.32 Å². The lowest BCUT2D eigenvalue weighted by molar-refractivity contribution is -0.140. The van der Waals surface area contributed by atoms with Crippen molar-refractivity contribution in [2.45, 2.75) is 25.9 Å². The summed E-state index contributed by atoms with van der Waals surface area (Å²) in [6.45, 7) is 1.57. The molecule has 0 aliphatic rings. The summed E-state index contributed by atoms with van der Waals surface area (Å²) in [5.74, 6) is -0.956. The Kier molecular flexibility index (Phi) is 10.4. The van der Waals surface area contributed by atoms with Crippen LogP contribution in [0.1, 0.15) is 18.1 Å². The molecule has 38 heavy (non-hydrogen) atoms. The fourth-order valence-corrected chi connectivity index (χ4v) is 5.40. The largest absolute Gasteiger partial charge is 0.355 e. The molecular formula is C27H28Cl3N3O4S. The van der Waals surface area contributed by atoms with Crippen LogP contribution in [-0.4, -0.2) is 50.5 Å². The third-order valence-corrected chi connectivity index (χ3v) is 7.94. The van der Waals surface area contributed by atoms with E-state index < -0.39 is 28.5 Å². The number of nitrogens with one attached hydrogen (secondary N) is 1. The first-order valence-electron chi connectivity index (χ1n) is 11.8. The topological polar surface area (TPSA) is 86.8 Å². The smallest absolute Gasteiger partial charge is 0.244 e. The second-order valence-corrected chi connectivity index (χ2v) is 11.7. The van der Waals surface area contributed by atoms with Gasteiger partial charge in [-0.05, 0) is 42.3 Å². The lowest BCUT2D eigenvalue weighted by atomic mass is 10.0. The van der Waals surface area contributed by atoms with Crippen LogP contribution in [0.3, 0.4) is 0 Å². The van der Waals surface area contributed by atoms with E-state index in [9.17, 15) is 18.0 Å². The molecule has 0 aliphatic carbocycles. The van der Waals surface area contributed by atoms with E-state index in [1.54, 1.807) is 43.3 Å². The monoisotopic (exact) mass is 595 g/mol. The summed E-state index contributed by atoms with van der Waals surface area (Å²) < 4.78 is 26.5. The molecule has 0 saturated carbocycles. The highest BCUT2D eigenvalue weighted by Gasteiger charge is 2.33. The van der Waals surface area contributed by atoms with Crippen molar-refractivity contribution in [2.75, 3.05) is 23.7 Å². The van der Waals surface area contributed by atoms with Gasteiger partial charge in [-0.3, -0.25) is 13.9 Å². The number of carbonyl (C=O) groups excluding carboxylic acids is 2. The van der Waals surface area contributed by atoms with Crippen LogP contribution in [-0.2, 0) is 32.6 Å². The number of rotatable bonds is 11. The van der Waals surface area contributed by atoms with Crippen LogP contribution in [0.15, 0.2) is 72.8 Å². The Morgan fingerprint density at radius 2 is 1.53 bits per heavy atom. The predicted octanol–water partition coefficient (Wildman–Crippen LogP) is 5.19. The molecule has 3 aromatic carbocycles. The average Bonchev–Trinajstić information content (AvgIpc) is 2.87. The minimum atomic E-state index is -3.91. The molecule has 0 saturated heterocycles. The van der Waals surface area contributed by atoms with Crippen molar-refractivity contribution in [3.63, 3.8) is 0 Å². The van der Waals surface area contributed by atoms with Crippen molar-refractivity contribution in [3.8, 4) is 0 Å². The van der Waals surface area contributed by atoms with Gasteiger partial charge in [-0.1, -0.05) is 83.3 Å². The van der Waals surface area contributed by atoms with Crippen molar-refractivity contribution in [1.29, 1.82) is 0 Å². The van der Waals surface area contributed by atoms with E-state index in [-0.39, 0.29) is 29.6 Å². The maximum absolute atomic E-state index is 13.9. The van der Waals surface area contributed by atoms with Crippen molar-refractivity contribution in [1.82, 2.24) is 10.2 Å². The van der Waals surface area contributed by atoms with Gasteiger partial charge in [-0.15, -0.1) is 0 Å². The number of carbonyl (C=O) groups is 2. The molecule has 0 bridgehead atoms. The number of halogens is 3. The molecule has 3 rings (SSSR count). The quantitative estimate of drug-likeness (QED) is 0.330. The molecule has 0 heterocycles. The highest BCUT2D eigenvalue weighted by atomic mass is 35.5. The normalized spacial score (nSPS) is 12.0. The zero-order valence-corrected chi connectivity index (χ0v) is 24.0. The zero-order chi connectivity index (χ0) is 27.9. The Labute approximate surface area is 238 Å². The molecule has 0 aliphatic heterocycles. The van der Waals surface area contributed by atoms with Gasteiger partial charge in [0, 0.05) is 19.5 Å². The Morgan fingerprint density at radius 1 is 0.868 bits per heavy atom. The number of likely N-dealkylation sites (N-methyl/N-ethyl adjacent to an activating group) is 1. The Morgan fingerprint density at radius 3 is 2.13 bits per heavy atom. The fraction of sp³-hybridized carbons (Fsp3) is 0.259. The Bertz CT molecular complexity index is 1390.